The molecule has 6 rings (SSSR count). The number of likely N-dealkylation sites (N-methyl/N-ethyl adjacent to an activating group) is 2. The van der Waals surface area contributed by atoms with Gasteiger partial charge in [0.05, 0.1) is 25.9 Å². The lowest BCUT2D eigenvalue weighted by atomic mass is 9.45. The van der Waals surface area contributed by atoms with E-state index in [1.165, 1.54) is 6.42 Å². The molecule has 1 unspecified atom stereocenters. The van der Waals surface area contributed by atoms with E-state index in [0.29, 0.717) is 46.8 Å². The highest BCUT2D eigenvalue weighted by Gasteiger charge is 2.57. The van der Waals surface area contributed by atoms with Gasteiger partial charge in [-0.15, -0.1) is 0 Å². The number of carbonyl (C=O) groups is 2. The molecule has 10 atom stereocenters. The normalized spacial score (nSPS) is 30.8. The highest BCUT2D eigenvalue weighted by molar-refractivity contribution is 5.99. The number of hydrogen-bond acceptors (Lipinski definition) is 9. The monoisotopic (exact) mass is 737 g/mol. The van der Waals surface area contributed by atoms with Gasteiger partial charge in [-0.1, -0.05) is 58.9 Å². The Hall–Kier alpha value is -2.80. The second-order valence-electron chi connectivity index (χ2n) is 17.9. The number of nitrogens with zero attached hydrogens (tertiary/aromatic N) is 3. The van der Waals surface area contributed by atoms with Crippen LogP contribution in [0, 0.1) is 35.0 Å². The third kappa shape index (κ3) is 8.86. The molecule has 5 aliphatic rings. The Morgan fingerprint density at radius 2 is 1.87 bits per heavy atom. The number of nitrogens with one attached hydrogen (secondary N) is 2. The molecule has 4 aliphatic carbocycles. The number of aliphatic hydroxyl groups excluding tert-OH is 1. The first-order valence-electron chi connectivity index (χ1n) is 19.8. The Balaban J connectivity index is 1.42. The third-order valence-corrected chi connectivity index (χ3v) is 12.8. The maximum absolute atomic E-state index is 14.3. The zero-order valence-electron chi connectivity index (χ0n) is 34.2. The first-order valence-corrected chi connectivity index (χ1v) is 19.8. The van der Waals surface area contributed by atoms with Gasteiger partial charge in [0.2, 0.25) is 5.91 Å². The van der Waals surface area contributed by atoms with Crippen molar-refractivity contribution in [1.29, 1.82) is 0 Å². The largest absolute Gasteiger partial charge is 0.496 e. The van der Waals surface area contributed by atoms with Gasteiger partial charge >= 0.3 is 0 Å². The summed E-state index contributed by atoms with van der Waals surface area (Å²) < 4.78 is 6.14. The number of carbonyl (C=O) groups excluding carboxylic acids is 2. The molecule has 3 saturated carbocycles. The van der Waals surface area contributed by atoms with Gasteiger partial charge in [-0.25, -0.2) is 0 Å². The summed E-state index contributed by atoms with van der Waals surface area (Å²) in [6.07, 6.45) is 6.49. The van der Waals surface area contributed by atoms with E-state index in [1.54, 1.807) is 19.1 Å². The highest BCUT2D eigenvalue weighted by atomic mass is 16.7. The lowest BCUT2D eigenvalue weighted by Crippen LogP contribution is -2.62. The second-order valence-corrected chi connectivity index (χ2v) is 17.9. The van der Waals surface area contributed by atoms with Crippen LogP contribution in [-0.4, -0.2) is 117 Å². The van der Waals surface area contributed by atoms with E-state index in [2.05, 4.69) is 61.1 Å². The molecule has 1 aromatic rings. The van der Waals surface area contributed by atoms with Gasteiger partial charge in [0, 0.05) is 53.8 Å². The standard InChI is InChI=1S/C42H68N6O5/c1-24(2)15-31(23-46(7)8)44-40(50)29-16-28(17-32(18-29)47(9)10)33-14-12-13-27(39(33)52-11)22-48-38(37(26(4)49)36(21-43)53-48)41(51)45-35-20-30-19-34(25(35)3)42(30,5)6/h12-14,16,18,24-26,30-32,34-38,49H,15,17,19-23,43H2,1-11H3,(H,44,50)(H,45,51)/t25-,26-,30+,31+,32?,34-,35-,36-,37+,38-/m0/s1. The van der Waals surface area contributed by atoms with Crippen molar-refractivity contribution in [3.8, 4) is 5.75 Å². The Morgan fingerprint density at radius 1 is 1.15 bits per heavy atom. The summed E-state index contributed by atoms with van der Waals surface area (Å²) in [6, 6.07) is 5.39. The number of hydroxylamine groups is 2. The molecule has 0 spiro atoms. The van der Waals surface area contributed by atoms with Crippen molar-refractivity contribution in [2.24, 2.45) is 40.7 Å². The number of benzene rings is 1. The molecule has 11 heteroatoms. The van der Waals surface area contributed by atoms with E-state index in [0.717, 1.165) is 36.1 Å². The SMILES string of the molecule is COc1c(CN2O[C@@H](CN)[C@@H]([C@H](C)O)[C@H]2C(=O)N[C@H]2C[C@H]3C[C@@H]([C@@H]2C)C3(C)C)cccc1C1=CC(C(=O)N[C@H](CC(C)C)CN(C)C)=CC(N(C)C)C1. The van der Waals surface area contributed by atoms with Crippen molar-refractivity contribution in [3.05, 3.63) is 47.1 Å². The predicted octanol–water partition coefficient (Wildman–Crippen LogP) is 4.06. The maximum Gasteiger partial charge on any atom is 0.251 e. The van der Waals surface area contributed by atoms with Crippen LogP contribution in [0.25, 0.3) is 5.57 Å². The van der Waals surface area contributed by atoms with Crippen molar-refractivity contribution in [2.75, 3.05) is 48.4 Å². The van der Waals surface area contributed by atoms with Crippen LogP contribution < -0.4 is 21.1 Å². The van der Waals surface area contributed by atoms with Crippen LogP contribution in [0.3, 0.4) is 0 Å². The Labute approximate surface area is 318 Å². The number of hydrogen-bond donors (Lipinski definition) is 4. The molecule has 0 radical (unpaired) electrons. The summed E-state index contributed by atoms with van der Waals surface area (Å²) in [5.74, 6) is 1.95. The summed E-state index contributed by atoms with van der Waals surface area (Å²) in [6.45, 7) is 14.2. The minimum atomic E-state index is -0.807. The lowest BCUT2D eigenvalue weighted by molar-refractivity contribution is -0.175. The van der Waals surface area contributed by atoms with Crippen LogP contribution in [0.4, 0.5) is 0 Å². The van der Waals surface area contributed by atoms with E-state index >= 15 is 0 Å². The average Bonchev–Trinajstić information content (AvgIpc) is 3.46. The molecule has 1 saturated heterocycles. The Morgan fingerprint density at radius 3 is 2.43 bits per heavy atom. The summed E-state index contributed by atoms with van der Waals surface area (Å²) in [5, 5.41) is 19.4. The molecular weight excluding hydrogens is 668 g/mol. The molecule has 2 bridgehead atoms. The summed E-state index contributed by atoms with van der Waals surface area (Å²) in [4.78, 5) is 38.8. The Kier molecular flexibility index (Phi) is 13.2. The quantitative estimate of drug-likeness (QED) is 0.211. The van der Waals surface area contributed by atoms with Crippen molar-refractivity contribution in [1.82, 2.24) is 25.5 Å². The fourth-order valence-corrected chi connectivity index (χ4v) is 9.81. The van der Waals surface area contributed by atoms with Crippen LogP contribution in [0.15, 0.2) is 35.9 Å². The number of nitrogens with two attached hydrogens (primary N) is 1. The molecule has 1 aromatic carbocycles. The zero-order chi connectivity index (χ0) is 38.9. The van der Waals surface area contributed by atoms with Crippen molar-refractivity contribution >= 4 is 17.4 Å². The van der Waals surface area contributed by atoms with Gasteiger partial charge in [0.1, 0.15) is 11.8 Å². The molecule has 1 heterocycles. The van der Waals surface area contributed by atoms with Gasteiger partial charge in [0.15, 0.2) is 0 Å². The van der Waals surface area contributed by atoms with Gasteiger partial charge in [-0.2, -0.15) is 5.06 Å². The number of para-hydroxylation sites is 1. The zero-order valence-corrected chi connectivity index (χ0v) is 34.2. The summed E-state index contributed by atoms with van der Waals surface area (Å²) >= 11 is 0. The smallest absolute Gasteiger partial charge is 0.251 e. The fourth-order valence-electron chi connectivity index (χ4n) is 9.81. The number of aliphatic hydroxyl groups is 1. The van der Waals surface area contributed by atoms with E-state index in [9.17, 15) is 14.7 Å². The molecule has 1 aliphatic heterocycles. The highest BCUT2D eigenvalue weighted by Crippen LogP contribution is 2.61. The third-order valence-electron chi connectivity index (χ3n) is 12.8. The molecular formula is C42H68N6O5. The van der Waals surface area contributed by atoms with Crippen LogP contribution in [0.1, 0.15) is 78.4 Å². The van der Waals surface area contributed by atoms with E-state index in [-0.39, 0.29) is 43.0 Å². The van der Waals surface area contributed by atoms with Crippen LogP contribution in [0.5, 0.6) is 5.75 Å². The van der Waals surface area contributed by atoms with E-state index in [1.807, 2.05) is 52.5 Å². The lowest BCUT2D eigenvalue weighted by Gasteiger charge is -2.62. The van der Waals surface area contributed by atoms with Gasteiger partial charge in [0.25, 0.3) is 5.91 Å². The molecule has 2 amide bonds. The van der Waals surface area contributed by atoms with Gasteiger partial charge in [-0.3, -0.25) is 14.4 Å². The molecule has 0 aromatic heterocycles. The van der Waals surface area contributed by atoms with Crippen LogP contribution in [0.2, 0.25) is 0 Å². The fraction of sp³-hybridized carbons (Fsp3) is 0.714. The molecule has 5 N–H and O–H groups in total. The maximum atomic E-state index is 14.3. The molecule has 11 nitrogen and oxygen atoms in total. The predicted molar refractivity (Wildman–Crippen MR) is 211 cm³/mol. The van der Waals surface area contributed by atoms with E-state index < -0.39 is 24.2 Å². The number of fused-ring (bicyclic) bond motifs is 2. The van der Waals surface area contributed by atoms with Crippen LogP contribution in [-0.2, 0) is 21.0 Å². The van der Waals surface area contributed by atoms with Crippen molar-refractivity contribution in [2.45, 2.75) is 110 Å². The van der Waals surface area contributed by atoms with Crippen molar-refractivity contribution < 1.29 is 24.3 Å². The first-order chi connectivity index (χ1) is 25.0. The first kappa shape index (κ1) is 41.4. The van der Waals surface area contributed by atoms with Crippen LogP contribution >= 0.6 is 0 Å². The average molecular weight is 737 g/mol. The van der Waals surface area contributed by atoms with Crippen molar-refractivity contribution in [3.63, 3.8) is 0 Å². The molecule has 53 heavy (non-hydrogen) atoms. The number of ether oxygens (including phenoxy) is 1. The molecule has 4 fully saturated rings. The minimum Gasteiger partial charge on any atom is -0.496 e. The Bertz CT molecular complexity index is 1510. The second kappa shape index (κ2) is 16.9. The summed E-state index contributed by atoms with van der Waals surface area (Å²) in [7, 11) is 9.77. The number of methoxy groups -OCH3 is 1. The summed E-state index contributed by atoms with van der Waals surface area (Å²) in [5.41, 5.74) is 9.86. The topological polar surface area (TPSA) is 133 Å². The minimum absolute atomic E-state index is 0.00686. The molecule has 296 valence electrons. The van der Waals surface area contributed by atoms with E-state index in [4.69, 9.17) is 15.3 Å². The van der Waals surface area contributed by atoms with Gasteiger partial charge < -0.3 is 36.0 Å². The number of amides is 2. The number of rotatable bonds is 15. The van der Waals surface area contributed by atoms with Gasteiger partial charge in [-0.05, 0) is 102 Å².